The quantitative estimate of drug-likeness (QED) is 0.713. The van der Waals surface area contributed by atoms with Crippen molar-refractivity contribution < 1.29 is 5.11 Å². The molecule has 0 aromatic heterocycles. The Kier molecular flexibility index (Phi) is 4.12. The zero-order chi connectivity index (χ0) is 8.81. The van der Waals surface area contributed by atoms with Crippen molar-refractivity contribution in [3.8, 4) is 0 Å². The Labute approximate surface area is 78.0 Å². The van der Waals surface area contributed by atoms with Crippen LogP contribution in [0.5, 0.6) is 0 Å². The van der Waals surface area contributed by atoms with E-state index in [1.54, 1.807) is 0 Å². The maximum absolute atomic E-state index is 8.66. The first-order valence-electron chi connectivity index (χ1n) is 4.12. The molecule has 2 heteroatoms. The lowest BCUT2D eigenvalue weighted by molar-refractivity contribution is 0.288. The second-order valence-electron chi connectivity index (χ2n) is 2.73. The molecule has 0 saturated heterocycles. The smallest absolute Gasteiger partial charge is 0.0476 e. The van der Waals surface area contributed by atoms with Crippen molar-refractivity contribution in [1.29, 1.82) is 0 Å². The lowest BCUT2D eigenvalue weighted by Crippen LogP contribution is -1.93. The molecule has 1 aromatic rings. The average molecular weight is 185 g/mol. The molecule has 1 nitrogen and oxygen atoms in total. The first-order valence-corrected chi connectivity index (χ1v) is 4.65. The van der Waals surface area contributed by atoms with Gasteiger partial charge in [0.2, 0.25) is 0 Å². The van der Waals surface area contributed by atoms with E-state index in [9.17, 15) is 0 Å². The third-order valence-electron chi connectivity index (χ3n) is 1.87. The van der Waals surface area contributed by atoms with Crippen LogP contribution in [-0.2, 0) is 12.3 Å². The van der Waals surface area contributed by atoms with Crippen molar-refractivity contribution in [3.05, 3.63) is 35.4 Å². The highest BCUT2D eigenvalue weighted by molar-refractivity contribution is 6.17. The Morgan fingerprint density at radius 2 is 1.83 bits per heavy atom. The molecule has 0 saturated carbocycles. The molecule has 0 unspecified atom stereocenters. The topological polar surface area (TPSA) is 20.2 Å². The van der Waals surface area contributed by atoms with E-state index in [2.05, 4.69) is 6.07 Å². The minimum atomic E-state index is 0.247. The van der Waals surface area contributed by atoms with Gasteiger partial charge in [0, 0.05) is 12.5 Å². The van der Waals surface area contributed by atoms with Crippen LogP contribution in [0.3, 0.4) is 0 Å². The van der Waals surface area contributed by atoms with Crippen LogP contribution in [0, 0.1) is 0 Å². The fourth-order valence-electron chi connectivity index (χ4n) is 1.20. The van der Waals surface area contributed by atoms with Crippen molar-refractivity contribution >= 4 is 11.6 Å². The van der Waals surface area contributed by atoms with Gasteiger partial charge >= 0.3 is 0 Å². The maximum atomic E-state index is 8.66. The number of aliphatic hydroxyl groups is 1. The van der Waals surface area contributed by atoms with Crippen LogP contribution in [0.2, 0.25) is 0 Å². The zero-order valence-electron chi connectivity index (χ0n) is 6.96. The molecule has 0 aliphatic rings. The van der Waals surface area contributed by atoms with Crippen molar-refractivity contribution in [2.24, 2.45) is 0 Å². The summed E-state index contributed by atoms with van der Waals surface area (Å²) in [5.74, 6) is 0.557. The highest BCUT2D eigenvalue weighted by atomic mass is 35.5. The minimum absolute atomic E-state index is 0.247. The summed E-state index contributed by atoms with van der Waals surface area (Å²) in [5, 5.41) is 8.66. The van der Waals surface area contributed by atoms with Crippen LogP contribution < -0.4 is 0 Å². The van der Waals surface area contributed by atoms with Gasteiger partial charge in [-0.25, -0.2) is 0 Å². The van der Waals surface area contributed by atoms with Crippen molar-refractivity contribution in [3.63, 3.8) is 0 Å². The van der Waals surface area contributed by atoms with Gasteiger partial charge in [0.1, 0.15) is 0 Å². The summed E-state index contributed by atoms with van der Waals surface area (Å²) in [4.78, 5) is 0. The van der Waals surface area contributed by atoms with E-state index < -0.39 is 0 Å². The minimum Gasteiger partial charge on any atom is -0.396 e. The van der Waals surface area contributed by atoms with E-state index in [1.807, 2.05) is 18.2 Å². The molecular formula is C10H13ClO. The van der Waals surface area contributed by atoms with Crippen LogP contribution in [0.15, 0.2) is 24.3 Å². The fraction of sp³-hybridized carbons (Fsp3) is 0.400. The van der Waals surface area contributed by atoms with E-state index in [1.165, 1.54) is 11.1 Å². The van der Waals surface area contributed by atoms with Crippen molar-refractivity contribution in [2.45, 2.75) is 18.7 Å². The van der Waals surface area contributed by atoms with Gasteiger partial charge in [-0.05, 0) is 24.0 Å². The van der Waals surface area contributed by atoms with Crippen LogP contribution in [0.1, 0.15) is 17.5 Å². The van der Waals surface area contributed by atoms with E-state index in [4.69, 9.17) is 16.7 Å². The van der Waals surface area contributed by atoms with Crippen molar-refractivity contribution in [2.75, 3.05) is 6.61 Å². The largest absolute Gasteiger partial charge is 0.396 e. The molecule has 0 atom stereocenters. The summed E-state index contributed by atoms with van der Waals surface area (Å²) >= 11 is 5.75. The highest BCUT2D eigenvalue weighted by Gasteiger charge is 1.98. The summed E-state index contributed by atoms with van der Waals surface area (Å²) in [7, 11) is 0. The molecule has 0 bridgehead atoms. The summed E-state index contributed by atoms with van der Waals surface area (Å²) in [6.07, 6.45) is 1.73. The summed E-state index contributed by atoms with van der Waals surface area (Å²) < 4.78 is 0. The van der Waals surface area contributed by atoms with Crippen LogP contribution in [-0.4, -0.2) is 11.7 Å². The number of alkyl halides is 1. The average Bonchev–Trinajstić information content (AvgIpc) is 2.15. The van der Waals surface area contributed by atoms with Gasteiger partial charge < -0.3 is 5.11 Å². The number of halogens is 1. The molecule has 12 heavy (non-hydrogen) atoms. The Bertz CT molecular complexity index is 235. The Morgan fingerprint density at radius 3 is 2.42 bits per heavy atom. The third-order valence-corrected chi connectivity index (χ3v) is 2.15. The molecule has 1 aromatic carbocycles. The van der Waals surface area contributed by atoms with Crippen LogP contribution >= 0.6 is 11.6 Å². The number of hydrogen-bond acceptors (Lipinski definition) is 1. The molecule has 1 rings (SSSR count). The van der Waals surface area contributed by atoms with Gasteiger partial charge in [0.05, 0.1) is 0 Å². The predicted octanol–water partition coefficient (Wildman–Crippen LogP) is 2.35. The molecule has 0 aliphatic heterocycles. The van der Waals surface area contributed by atoms with Gasteiger partial charge in [-0.15, -0.1) is 11.6 Å². The number of hydrogen-bond donors (Lipinski definition) is 1. The Balaban J connectivity index is 2.68. The van der Waals surface area contributed by atoms with Gasteiger partial charge in [-0.2, -0.15) is 0 Å². The first-order chi connectivity index (χ1) is 5.88. The number of benzene rings is 1. The summed E-state index contributed by atoms with van der Waals surface area (Å²) in [5.41, 5.74) is 2.43. The van der Waals surface area contributed by atoms with Gasteiger partial charge in [-0.1, -0.05) is 24.3 Å². The molecule has 0 fully saturated rings. The van der Waals surface area contributed by atoms with Crippen molar-refractivity contribution in [1.82, 2.24) is 0 Å². The summed E-state index contributed by atoms with van der Waals surface area (Å²) in [6.45, 7) is 0.247. The lowest BCUT2D eigenvalue weighted by Gasteiger charge is -2.04. The van der Waals surface area contributed by atoms with Gasteiger partial charge in [0.25, 0.3) is 0 Å². The number of rotatable bonds is 4. The zero-order valence-corrected chi connectivity index (χ0v) is 7.72. The molecular weight excluding hydrogens is 172 g/mol. The Morgan fingerprint density at radius 1 is 1.17 bits per heavy atom. The highest BCUT2D eigenvalue weighted by Crippen LogP contribution is 2.12. The monoisotopic (exact) mass is 184 g/mol. The molecule has 0 heterocycles. The fourth-order valence-corrected chi connectivity index (χ4v) is 1.46. The number of aryl methyl sites for hydroxylation is 1. The Hall–Kier alpha value is -0.530. The summed E-state index contributed by atoms with van der Waals surface area (Å²) in [6, 6.07) is 8.08. The third kappa shape index (κ3) is 2.50. The molecule has 0 amide bonds. The van der Waals surface area contributed by atoms with Crippen LogP contribution in [0.25, 0.3) is 0 Å². The van der Waals surface area contributed by atoms with Gasteiger partial charge in [0.15, 0.2) is 0 Å². The second kappa shape index (κ2) is 5.18. The molecule has 0 aliphatic carbocycles. The number of aliphatic hydroxyl groups excluding tert-OH is 1. The molecule has 0 radical (unpaired) electrons. The lowest BCUT2D eigenvalue weighted by atomic mass is 10.0. The molecule has 66 valence electrons. The maximum Gasteiger partial charge on any atom is 0.0476 e. The predicted molar refractivity (Wildman–Crippen MR) is 51.4 cm³/mol. The van der Waals surface area contributed by atoms with Crippen LogP contribution in [0.4, 0.5) is 0 Å². The molecule has 1 N–H and O–H groups in total. The second-order valence-corrected chi connectivity index (χ2v) is 3.00. The van der Waals surface area contributed by atoms with E-state index >= 15 is 0 Å². The van der Waals surface area contributed by atoms with E-state index in [-0.39, 0.29) is 6.61 Å². The SMILES string of the molecule is OCCCc1ccccc1CCl. The standard InChI is InChI=1S/C10H13ClO/c11-8-10-5-2-1-4-9(10)6-3-7-12/h1-2,4-5,12H,3,6-8H2. The molecule has 0 spiro atoms. The van der Waals surface area contributed by atoms with E-state index in [0.29, 0.717) is 5.88 Å². The normalized spacial score (nSPS) is 10.2. The first kappa shape index (κ1) is 9.56. The van der Waals surface area contributed by atoms with Gasteiger partial charge in [-0.3, -0.25) is 0 Å². The van der Waals surface area contributed by atoms with E-state index in [0.717, 1.165) is 12.8 Å².